The van der Waals surface area contributed by atoms with E-state index in [1.165, 1.54) is 26.3 Å². The molecular formula is C19H25N5OS+2. The van der Waals surface area contributed by atoms with Crippen LogP contribution in [0.5, 0.6) is 0 Å². The van der Waals surface area contributed by atoms with Gasteiger partial charge in [-0.3, -0.25) is 4.79 Å². The van der Waals surface area contributed by atoms with E-state index in [0.717, 1.165) is 61.4 Å². The van der Waals surface area contributed by atoms with Crippen LogP contribution in [-0.2, 0) is 19.5 Å². The molecule has 1 aromatic carbocycles. The van der Waals surface area contributed by atoms with E-state index < -0.39 is 0 Å². The first-order valence-corrected chi connectivity index (χ1v) is 10.1. The zero-order valence-corrected chi connectivity index (χ0v) is 15.9. The van der Waals surface area contributed by atoms with Gasteiger partial charge in [-0.2, -0.15) is 9.61 Å². The topological polar surface area (TPSA) is 56.1 Å². The molecule has 2 N–H and O–H groups in total. The van der Waals surface area contributed by atoms with Crippen molar-refractivity contribution in [3.05, 3.63) is 63.0 Å². The van der Waals surface area contributed by atoms with Gasteiger partial charge in [0.1, 0.15) is 50.0 Å². The molecule has 1 fully saturated rings. The van der Waals surface area contributed by atoms with Crippen molar-refractivity contribution < 1.29 is 9.80 Å². The molecule has 3 aromatic rings. The number of nitrogens with one attached hydrogen (secondary N) is 2. The quantitative estimate of drug-likeness (QED) is 0.617. The maximum absolute atomic E-state index is 12.3. The van der Waals surface area contributed by atoms with Gasteiger partial charge in [-0.1, -0.05) is 48.6 Å². The van der Waals surface area contributed by atoms with Crippen LogP contribution in [0.3, 0.4) is 0 Å². The molecule has 2 aromatic heterocycles. The summed E-state index contributed by atoms with van der Waals surface area (Å²) in [7, 11) is 0. The molecule has 0 amide bonds. The highest BCUT2D eigenvalue weighted by atomic mass is 32.1. The van der Waals surface area contributed by atoms with Crippen molar-refractivity contribution in [2.75, 3.05) is 26.2 Å². The number of fused-ring (bicyclic) bond motifs is 1. The minimum absolute atomic E-state index is 0.0614. The molecule has 1 aliphatic heterocycles. The van der Waals surface area contributed by atoms with Crippen LogP contribution in [0.1, 0.15) is 23.2 Å². The van der Waals surface area contributed by atoms with E-state index in [9.17, 15) is 4.79 Å². The van der Waals surface area contributed by atoms with Gasteiger partial charge < -0.3 is 9.80 Å². The first kappa shape index (κ1) is 17.3. The third-order valence-electron chi connectivity index (χ3n) is 5.03. The standard InChI is InChI=1S/C19H23N5OS/c1-2-17-21-24-18(25)12-16(20-19(24)26-17)14-23-10-8-22(9-11-23)13-15-6-4-3-5-7-15/h3-7,12H,2,8-11,13-14H2,1H3/p+2. The molecule has 0 radical (unpaired) electrons. The summed E-state index contributed by atoms with van der Waals surface area (Å²) in [6, 6.07) is 12.4. The van der Waals surface area contributed by atoms with Gasteiger partial charge in [-0.25, -0.2) is 4.98 Å². The van der Waals surface area contributed by atoms with Crippen molar-refractivity contribution in [3.8, 4) is 0 Å². The summed E-state index contributed by atoms with van der Waals surface area (Å²) in [5.74, 6) is 0. The summed E-state index contributed by atoms with van der Waals surface area (Å²) in [6.45, 7) is 8.52. The molecule has 7 heteroatoms. The minimum atomic E-state index is -0.0614. The molecule has 0 atom stereocenters. The number of hydrogen-bond acceptors (Lipinski definition) is 4. The molecule has 0 bridgehead atoms. The molecule has 3 heterocycles. The molecule has 6 nitrogen and oxygen atoms in total. The van der Waals surface area contributed by atoms with Crippen molar-refractivity contribution in [1.82, 2.24) is 14.6 Å². The molecule has 1 aliphatic rings. The highest BCUT2D eigenvalue weighted by Crippen LogP contribution is 2.11. The van der Waals surface area contributed by atoms with E-state index in [4.69, 9.17) is 0 Å². The lowest BCUT2D eigenvalue weighted by Gasteiger charge is -2.29. The summed E-state index contributed by atoms with van der Waals surface area (Å²) >= 11 is 1.52. The molecule has 4 rings (SSSR count). The van der Waals surface area contributed by atoms with Gasteiger partial charge in [0.05, 0.1) is 0 Å². The lowest BCUT2D eigenvalue weighted by Crippen LogP contribution is -3.27. The fourth-order valence-electron chi connectivity index (χ4n) is 3.58. The lowest BCUT2D eigenvalue weighted by atomic mass is 10.2. The predicted octanol–water partition coefficient (Wildman–Crippen LogP) is -0.803. The van der Waals surface area contributed by atoms with Crippen LogP contribution in [-0.4, -0.2) is 40.8 Å². The van der Waals surface area contributed by atoms with Gasteiger partial charge >= 0.3 is 0 Å². The largest absolute Gasteiger partial charge is 0.322 e. The second-order valence-corrected chi connectivity index (χ2v) is 8.01. The Morgan fingerprint density at radius 1 is 1.08 bits per heavy atom. The number of aromatic nitrogens is 3. The van der Waals surface area contributed by atoms with Gasteiger partial charge in [0, 0.05) is 11.6 Å². The number of quaternary nitrogens is 2. The summed E-state index contributed by atoms with van der Waals surface area (Å²) in [6.07, 6.45) is 0.834. The number of hydrogen-bond donors (Lipinski definition) is 2. The smallest absolute Gasteiger partial charge is 0.275 e. The fraction of sp³-hybridized carbons (Fsp3) is 0.421. The first-order chi connectivity index (χ1) is 12.7. The summed E-state index contributed by atoms with van der Waals surface area (Å²) in [4.78, 5) is 20.8. The van der Waals surface area contributed by atoms with Crippen LogP contribution < -0.4 is 15.4 Å². The summed E-state index contributed by atoms with van der Waals surface area (Å²) in [5.41, 5.74) is 2.24. The van der Waals surface area contributed by atoms with Gasteiger partial charge in [0.25, 0.3) is 5.56 Å². The van der Waals surface area contributed by atoms with Gasteiger partial charge in [0.15, 0.2) is 0 Å². The zero-order valence-electron chi connectivity index (χ0n) is 15.1. The molecule has 0 saturated carbocycles. The predicted molar refractivity (Wildman–Crippen MR) is 102 cm³/mol. The van der Waals surface area contributed by atoms with Crippen LogP contribution in [0, 0.1) is 0 Å². The van der Waals surface area contributed by atoms with E-state index in [1.54, 1.807) is 11.0 Å². The Bertz CT molecular complexity index is 928. The van der Waals surface area contributed by atoms with E-state index in [-0.39, 0.29) is 5.56 Å². The molecule has 0 aliphatic carbocycles. The van der Waals surface area contributed by atoms with Crippen LogP contribution in [0.4, 0.5) is 0 Å². The number of piperazine rings is 1. The number of aryl methyl sites for hydroxylation is 1. The Morgan fingerprint density at radius 3 is 2.46 bits per heavy atom. The SMILES string of the molecule is CCc1nn2c(=O)cc(C[NH+]3CC[NH+](Cc4ccccc4)CC3)nc2s1. The summed E-state index contributed by atoms with van der Waals surface area (Å²) < 4.78 is 1.43. The lowest BCUT2D eigenvalue weighted by molar-refractivity contribution is -1.02. The monoisotopic (exact) mass is 371 g/mol. The van der Waals surface area contributed by atoms with E-state index in [2.05, 4.69) is 40.4 Å². The van der Waals surface area contributed by atoms with Crippen molar-refractivity contribution in [1.29, 1.82) is 0 Å². The highest BCUT2D eigenvalue weighted by molar-refractivity contribution is 7.16. The average molecular weight is 372 g/mol. The number of benzene rings is 1. The summed E-state index contributed by atoms with van der Waals surface area (Å²) in [5, 5.41) is 5.27. The maximum Gasteiger partial charge on any atom is 0.275 e. The highest BCUT2D eigenvalue weighted by Gasteiger charge is 2.24. The normalized spacial score (nSPS) is 20.5. The van der Waals surface area contributed by atoms with E-state index >= 15 is 0 Å². The average Bonchev–Trinajstić information content (AvgIpc) is 3.08. The molecule has 1 saturated heterocycles. The van der Waals surface area contributed by atoms with Crippen molar-refractivity contribution >= 4 is 16.3 Å². The maximum atomic E-state index is 12.3. The van der Waals surface area contributed by atoms with Crippen LogP contribution in [0.2, 0.25) is 0 Å². The fourth-order valence-corrected chi connectivity index (χ4v) is 4.44. The van der Waals surface area contributed by atoms with E-state index in [0.29, 0.717) is 0 Å². The van der Waals surface area contributed by atoms with Crippen LogP contribution in [0.15, 0.2) is 41.2 Å². The van der Waals surface area contributed by atoms with Crippen molar-refractivity contribution in [2.45, 2.75) is 26.4 Å². The Morgan fingerprint density at radius 2 is 1.77 bits per heavy atom. The molecule has 26 heavy (non-hydrogen) atoms. The van der Waals surface area contributed by atoms with Gasteiger partial charge in [-0.05, 0) is 6.42 Å². The molecule has 136 valence electrons. The Kier molecular flexibility index (Phi) is 5.10. The Labute approximate surface area is 156 Å². The third-order valence-corrected chi connectivity index (χ3v) is 6.09. The van der Waals surface area contributed by atoms with E-state index in [1.807, 2.05) is 6.92 Å². The van der Waals surface area contributed by atoms with Gasteiger partial charge in [0.2, 0.25) is 4.96 Å². The molecular weight excluding hydrogens is 346 g/mol. The Hall–Kier alpha value is -2.09. The second kappa shape index (κ2) is 7.65. The number of rotatable bonds is 5. The first-order valence-electron chi connectivity index (χ1n) is 9.31. The van der Waals surface area contributed by atoms with Crippen LogP contribution in [0.25, 0.3) is 4.96 Å². The zero-order chi connectivity index (χ0) is 17.9. The van der Waals surface area contributed by atoms with Crippen molar-refractivity contribution in [2.24, 2.45) is 0 Å². The van der Waals surface area contributed by atoms with Crippen molar-refractivity contribution in [3.63, 3.8) is 0 Å². The number of nitrogens with zero attached hydrogens (tertiary/aromatic N) is 3. The molecule has 0 spiro atoms. The second-order valence-electron chi connectivity index (χ2n) is 6.97. The Balaban J connectivity index is 1.38. The third kappa shape index (κ3) is 3.85. The molecule has 0 unspecified atom stereocenters. The van der Waals surface area contributed by atoms with Crippen LogP contribution >= 0.6 is 11.3 Å². The van der Waals surface area contributed by atoms with Gasteiger partial charge in [-0.15, -0.1) is 0 Å². The minimum Gasteiger partial charge on any atom is -0.322 e.